The van der Waals surface area contributed by atoms with E-state index >= 15 is 0 Å². The van der Waals surface area contributed by atoms with Crippen molar-refractivity contribution in [3.8, 4) is 0 Å². The molecule has 1 fully saturated rings. The van der Waals surface area contributed by atoms with Crippen LogP contribution in [0.25, 0.3) is 10.9 Å². The van der Waals surface area contributed by atoms with Gasteiger partial charge in [0.2, 0.25) is 5.43 Å². The zero-order valence-electron chi connectivity index (χ0n) is 18.8. The molecule has 1 aliphatic heterocycles. The highest BCUT2D eigenvalue weighted by molar-refractivity contribution is 5.97. The summed E-state index contributed by atoms with van der Waals surface area (Å²) in [7, 11) is 5.99. The van der Waals surface area contributed by atoms with Crippen LogP contribution in [-0.2, 0) is 6.54 Å². The van der Waals surface area contributed by atoms with Crippen LogP contribution in [0.5, 0.6) is 0 Å². The van der Waals surface area contributed by atoms with Gasteiger partial charge in [0.15, 0.2) is 0 Å². The second kappa shape index (κ2) is 10.9. The van der Waals surface area contributed by atoms with Gasteiger partial charge in [-0.2, -0.15) is 0 Å². The van der Waals surface area contributed by atoms with Crippen LogP contribution in [0, 0.1) is 5.82 Å². The van der Waals surface area contributed by atoms with E-state index in [1.54, 1.807) is 12.3 Å². The predicted molar refractivity (Wildman–Crippen MR) is 126 cm³/mol. The fourth-order valence-corrected chi connectivity index (χ4v) is 3.80. The topological polar surface area (TPSA) is 60.8 Å². The molecule has 0 spiro atoms. The summed E-state index contributed by atoms with van der Waals surface area (Å²) in [6.07, 6.45) is 2.38. The Hall–Kier alpha value is -2.16. The smallest absolute Gasteiger partial charge is 0.256 e. The highest BCUT2D eigenvalue weighted by Gasteiger charge is 2.21. The Morgan fingerprint density at radius 1 is 1.19 bits per heavy atom. The number of pyridine rings is 1. The molecule has 172 valence electrons. The van der Waals surface area contributed by atoms with Gasteiger partial charge in [-0.1, -0.05) is 0 Å². The molecule has 1 N–H and O–H groups in total. The van der Waals surface area contributed by atoms with Crippen molar-refractivity contribution in [2.75, 3.05) is 65.3 Å². The molecule has 1 aliphatic rings. The minimum atomic E-state index is -0.427. The lowest BCUT2D eigenvalue weighted by Crippen LogP contribution is -2.44. The first-order valence-corrected chi connectivity index (χ1v) is 10.5. The second-order valence-electron chi connectivity index (χ2n) is 8.18. The highest BCUT2D eigenvalue weighted by Crippen LogP contribution is 2.26. The van der Waals surface area contributed by atoms with E-state index < -0.39 is 17.2 Å². The van der Waals surface area contributed by atoms with Crippen molar-refractivity contribution < 1.29 is 9.18 Å². The fraction of sp³-hybridized carbons (Fsp3) is 0.545. The number of aryl methyl sites for hydroxylation is 1. The number of halogens is 2. The van der Waals surface area contributed by atoms with Crippen LogP contribution in [0.3, 0.4) is 0 Å². The SMILES string of the molecule is CCn1cc(C(=O)NCCCN(C)C)c(=O)c2cc(F)c(N3CCN(C)CC3)cc21.Cl. The van der Waals surface area contributed by atoms with E-state index in [1.165, 1.54) is 6.07 Å². The minimum Gasteiger partial charge on any atom is -0.367 e. The van der Waals surface area contributed by atoms with Gasteiger partial charge in [-0.05, 0) is 53.2 Å². The molecule has 0 radical (unpaired) electrons. The quantitative estimate of drug-likeness (QED) is 0.650. The molecule has 0 unspecified atom stereocenters. The number of fused-ring (bicyclic) bond motifs is 1. The molecule has 0 aliphatic carbocycles. The Bertz CT molecular complexity index is 971. The van der Waals surface area contributed by atoms with Gasteiger partial charge in [0, 0.05) is 50.9 Å². The Morgan fingerprint density at radius 3 is 2.48 bits per heavy atom. The molecular formula is C22H33ClFN5O2. The monoisotopic (exact) mass is 453 g/mol. The molecule has 0 atom stereocenters. The number of hydrogen-bond donors (Lipinski definition) is 1. The van der Waals surface area contributed by atoms with E-state index in [2.05, 4.69) is 17.3 Å². The standard InChI is InChI=1S/C22H32FN5O2.ClH/c1-5-27-15-17(22(30)24-7-6-8-25(2)3)21(29)16-13-18(23)20(14-19(16)27)28-11-9-26(4)10-12-28;/h13-15H,5-12H2,1-4H3,(H,24,30);1H. The van der Waals surface area contributed by atoms with Crippen LogP contribution in [0.2, 0.25) is 0 Å². The summed E-state index contributed by atoms with van der Waals surface area (Å²) in [6.45, 7) is 7.06. The third kappa shape index (κ3) is 5.75. The number of likely N-dealkylation sites (N-methyl/N-ethyl adjacent to an activating group) is 1. The molecule has 7 nitrogen and oxygen atoms in total. The molecule has 1 amide bonds. The van der Waals surface area contributed by atoms with E-state index in [9.17, 15) is 14.0 Å². The fourth-order valence-electron chi connectivity index (χ4n) is 3.80. The summed E-state index contributed by atoms with van der Waals surface area (Å²) >= 11 is 0. The molecule has 1 saturated heterocycles. The number of nitrogens with one attached hydrogen (secondary N) is 1. The Morgan fingerprint density at radius 2 is 1.87 bits per heavy atom. The number of rotatable bonds is 7. The van der Waals surface area contributed by atoms with Gasteiger partial charge in [0.05, 0.1) is 11.2 Å². The lowest BCUT2D eigenvalue weighted by Gasteiger charge is -2.34. The first kappa shape index (κ1) is 25.1. The molecule has 1 aromatic heterocycles. The van der Waals surface area contributed by atoms with Crippen molar-refractivity contribution in [1.29, 1.82) is 0 Å². The largest absolute Gasteiger partial charge is 0.367 e. The molecular weight excluding hydrogens is 421 g/mol. The number of hydrogen-bond acceptors (Lipinski definition) is 5. The average molecular weight is 454 g/mol. The van der Waals surface area contributed by atoms with Crippen molar-refractivity contribution in [2.45, 2.75) is 19.9 Å². The number of nitrogens with zero attached hydrogens (tertiary/aromatic N) is 4. The van der Waals surface area contributed by atoms with Crippen molar-refractivity contribution in [3.05, 3.63) is 39.9 Å². The van der Waals surface area contributed by atoms with Crippen LogP contribution in [-0.4, -0.2) is 80.7 Å². The summed E-state index contributed by atoms with van der Waals surface area (Å²) < 4.78 is 16.8. The lowest BCUT2D eigenvalue weighted by molar-refractivity contribution is 0.0950. The number of carbonyl (C=O) groups is 1. The molecule has 3 rings (SSSR count). The summed E-state index contributed by atoms with van der Waals surface area (Å²) in [5.41, 5.74) is 0.796. The maximum Gasteiger partial charge on any atom is 0.256 e. The number of aromatic nitrogens is 1. The number of amides is 1. The van der Waals surface area contributed by atoms with E-state index in [-0.39, 0.29) is 23.4 Å². The summed E-state index contributed by atoms with van der Waals surface area (Å²) in [6, 6.07) is 3.04. The molecule has 2 aromatic rings. The number of anilines is 1. The van der Waals surface area contributed by atoms with E-state index in [4.69, 9.17) is 0 Å². The number of piperazine rings is 1. The Balaban J connectivity index is 0.00000341. The van der Waals surface area contributed by atoms with Crippen molar-refractivity contribution in [2.24, 2.45) is 0 Å². The Kier molecular flexibility index (Phi) is 8.85. The first-order valence-electron chi connectivity index (χ1n) is 10.5. The van der Waals surface area contributed by atoms with Crippen LogP contribution in [0.15, 0.2) is 23.1 Å². The number of benzene rings is 1. The molecule has 31 heavy (non-hydrogen) atoms. The zero-order valence-corrected chi connectivity index (χ0v) is 19.6. The van der Waals surface area contributed by atoms with Gasteiger partial charge in [-0.3, -0.25) is 9.59 Å². The van der Waals surface area contributed by atoms with Gasteiger partial charge in [0.1, 0.15) is 11.4 Å². The molecule has 1 aromatic carbocycles. The summed E-state index contributed by atoms with van der Waals surface area (Å²) in [5.74, 6) is -0.832. The molecule has 9 heteroatoms. The van der Waals surface area contributed by atoms with Gasteiger partial charge in [0.25, 0.3) is 5.91 Å². The molecule has 0 bridgehead atoms. The molecule has 2 heterocycles. The van der Waals surface area contributed by atoms with Gasteiger partial charge in [-0.25, -0.2) is 4.39 Å². The predicted octanol–water partition coefficient (Wildman–Crippen LogP) is 2.02. The maximum absolute atomic E-state index is 15.0. The van der Waals surface area contributed by atoms with Crippen LogP contribution in [0.1, 0.15) is 23.7 Å². The first-order chi connectivity index (χ1) is 14.3. The van der Waals surface area contributed by atoms with Gasteiger partial charge in [-0.15, -0.1) is 12.4 Å². The normalized spacial score (nSPS) is 14.7. The molecule has 0 saturated carbocycles. The summed E-state index contributed by atoms with van der Waals surface area (Å²) in [4.78, 5) is 31.9. The second-order valence-corrected chi connectivity index (χ2v) is 8.18. The van der Waals surface area contributed by atoms with Gasteiger partial charge >= 0.3 is 0 Å². The lowest BCUT2D eigenvalue weighted by atomic mass is 10.1. The highest BCUT2D eigenvalue weighted by atomic mass is 35.5. The summed E-state index contributed by atoms with van der Waals surface area (Å²) in [5, 5.41) is 3.05. The van der Waals surface area contributed by atoms with E-state index in [1.807, 2.05) is 35.4 Å². The minimum absolute atomic E-state index is 0. The van der Waals surface area contributed by atoms with Crippen molar-refractivity contribution in [3.63, 3.8) is 0 Å². The van der Waals surface area contributed by atoms with E-state index in [0.717, 1.165) is 39.1 Å². The van der Waals surface area contributed by atoms with E-state index in [0.29, 0.717) is 24.3 Å². The zero-order chi connectivity index (χ0) is 21.8. The van der Waals surface area contributed by atoms with Gasteiger partial charge < -0.3 is 24.6 Å². The van der Waals surface area contributed by atoms with Crippen LogP contribution >= 0.6 is 12.4 Å². The Labute approximate surface area is 189 Å². The van der Waals surface area contributed by atoms with Crippen molar-refractivity contribution in [1.82, 2.24) is 19.7 Å². The third-order valence-electron chi connectivity index (χ3n) is 5.65. The third-order valence-corrected chi connectivity index (χ3v) is 5.65. The average Bonchev–Trinajstić information content (AvgIpc) is 2.72. The van der Waals surface area contributed by atoms with Crippen LogP contribution < -0.4 is 15.6 Å². The van der Waals surface area contributed by atoms with Crippen LogP contribution in [0.4, 0.5) is 10.1 Å². The number of carbonyl (C=O) groups excluding carboxylic acids is 1. The maximum atomic E-state index is 15.0. The van der Waals surface area contributed by atoms with Crippen molar-refractivity contribution >= 4 is 34.9 Å².